The maximum absolute atomic E-state index is 4.67. The molecule has 2 aromatic carbocycles. The second-order valence-corrected chi connectivity index (χ2v) is 5.00. The molecule has 20 heavy (non-hydrogen) atoms. The van der Waals surface area contributed by atoms with Crippen molar-refractivity contribution in [1.29, 1.82) is 0 Å². The van der Waals surface area contributed by atoms with Gasteiger partial charge < -0.3 is 17.0 Å². The average molecular weight is 349 g/mol. The first kappa shape index (κ1) is 14.9. The van der Waals surface area contributed by atoms with E-state index in [-0.39, 0.29) is 17.0 Å². The first-order chi connectivity index (χ1) is 9.38. The number of thioether (sulfide) groups is 1. The molecule has 1 aliphatic rings. The van der Waals surface area contributed by atoms with E-state index in [1.54, 1.807) is 11.8 Å². The van der Waals surface area contributed by atoms with Crippen molar-refractivity contribution in [2.24, 2.45) is 5.10 Å². The Morgan fingerprint density at radius 2 is 1.45 bits per heavy atom. The molecule has 0 aromatic heterocycles. The number of para-hydroxylation sites is 2. The van der Waals surface area contributed by atoms with Gasteiger partial charge in [-0.05, 0) is 30.5 Å². The fraction of sp³-hybridized carbons (Fsp3) is 0.133. The molecule has 3 rings (SSSR count). The SMILES string of the molecule is CSC1=NN(c2ccccc2)CN1c1ccccc1.[Br-]. The van der Waals surface area contributed by atoms with E-state index in [0.29, 0.717) is 0 Å². The number of nitrogens with zero attached hydrogens (tertiary/aromatic N) is 3. The molecule has 0 unspecified atom stereocenters. The molecule has 5 heteroatoms. The van der Waals surface area contributed by atoms with Crippen LogP contribution in [0.25, 0.3) is 0 Å². The van der Waals surface area contributed by atoms with Crippen molar-refractivity contribution in [3.05, 3.63) is 60.7 Å². The van der Waals surface area contributed by atoms with Gasteiger partial charge in [-0.1, -0.05) is 48.2 Å². The highest BCUT2D eigenvalue weighted by Crippen LogP contribution is 2.27. The highest BCUT2D eigenvalue weighted by molar-refractivity contribution is 8.13. The van der Waals surface area contributed by atoms with Crippen LogP contribution in [0.15, 0.2) is 65.8 Å². The number of hydrogen-bond acceptors (Lipinski definition) is 4. The monoisotopic (exact) mass is 348 g/mol. The van der Waals surface area contributed by atoms with Gasteiger partial charge in [-0.15, -0.1) is 5.10 Å². The number of benzene rings is 2. The normalized spacial score (nSPS) is 13.9. The Morgan fingerprint density at radius 1 is 0.900 bits per heavy atom. The number of anilines is 2. The van der Waals surface area contributed by atoms with Crippen LogP contribution in [-0.2, 0) is 0 Å². The van der Waals surface area contributed by atoms with Gasteiger partial charge >= 0.3 is 0 Å². The van der Waals surface area contributed by atoms with E-state index < -0.39 is 0 Å². The van der Waals surface area contributed by atoms with E-state index in [2.05, 4.69) is 52.7 Å². The Hall–Kier alpha value is -1.46. The van der Waals surface area contributed by atoms with E-state index in [1.165, 1.54) is 5.69 Å². The van der Waals surface area contributed by atoms with Gasteiger partial charge in [0.15, 0.2) is 5.17 Å². The van der Waals surface area contributed by atoms with E-state index in [9.17, 15) is 0 Å². The lowest BCUT2D eigenvalue weighted by molar-refractivity contribution is -0.00000370. The summed E-state index contributed by atoms with van der Waals surface area (Å²) in [5.41, 5.74) is 2.29. The minimum atomic E-state index is 0. The second-order valence-electron chi connectivity index (χ2n) is 4.23. The fourth-order valence-corrected chi connectivity index (χ4v) is 2.64. The minimum Gasteiger partial charge on any atom is -1.00 e. The quantitative estimate of drug-likeness (QED) is 0.792. The molecular weight excluding hydrogens is 334 g/mol. The Labute approximate surface area is 134 Å². The number of hydrazone groups is 1. The molecule has 0 aliphatic carbocycles. The summed E-state index contributed by atoms with van der Waals surface area (Å²) in [5, 5.41) is 7.72. The molecule has 0 amide bonds. The van der Waals surface area contributed by atoms with E-state index >= 15 is 0 Å². The van der Waals surface area contributed by atoms with Gasteiger partial charge in [0, 0.05) is 5.69 Å². The molecule has 0 fully saturated rings. The van der Waals surface area contributed by atoms with Gasteiger partial charge in [0.25, 0.3) is 0 Å². The van der Waals surface area contributed by atoms with Gasteiger partial charge in [-0.3, -0.25) is 4.90 Å². The van der Waals surface area contributed by atoms with Gasteiger partial charge in [-0.25, -0.2) is 5.01 Å². The molecule has 0 bridgehead atoms. The van der Waals surface area contributed by atoms with Gasteiger partial charge in [0.2, 0.25) is 0 Å². The van der Waals surface area contributed by atoms with Crippen LogP contribution in [0, 0.1) is 0 Å². The summed E-state index contributed by atoms with van der Waals surface area (Å²) < 4.78 is 0. The fourth-order valence-electron chi connectivity index (χ4n) is 2.07. The molecule has 0 saturated carbocycles. The molecule has 0 N–H and O–H groups in total. The first-order valence-corrected chi connectivity index (χ1v) is 7.39. The lowest BCUT2D eigenvalue weighted by Crippen LogP contribution is -3.00. The Bertz CT molecular complexity index is 574. The van der Waals surface area contributed by atoms with Crippen LogP contribution in [0.5, 0.6) is 0 Å². The molecule has 1 aliphatic heterocycles. The number of amidine groups is 1. The predicted octanol–water partition coefficient (Wildman–Crippen LogP) is 0.609. The molecular formula is C15H15BrN3S-. The maximum atomic E-state index is 4.67. The Kier molecular flexibility index (Phi) is 5.09. The van der Waals surface area contributed by atoms with Crippen LogP contribution in [-0.4, -0.2) is 18.1 Å². The Balaban J connectivity index is 0.00000147. The summed E-state index contributed by atoms with van der Waals surface area (Å²) in [6.07, 6.45) is 2.06. The standard InChI is InChI=1S/C15H15N3S.BrH/c1-19-15-16-18(14-10-6-3-7-11-14)12-17(15)13-8-4-2-5-9-13;/h2-11H,12H2,1H3;1H/p-1. The Morgan fingerprint density at radius 3 is 2.00 bits per heavy atom. The van der Waals surface area contributed by atoms with Crippen LogP contribution in [0.1, 0.15) is 0 Å². The van der Waals surface area contributed by atoms with Gasteiger partial charge in [-0.2, -0.15) is 0 Å². The minimum absolute atomic E-state index is 0. The van der Waals surface area contributed by atoms with E-state index in [4.69, 9.17) is 0 Å². The third kappa shape index (κ3) is 2.99. The molecule has 0 atom stereocenters. The number of halogens is 1. The van der Waals surface area contributed by atoms with E-state index in [1.807, 2.05) is 29.3 Å². The van der Waals surface area contributed by atoms with Crippen LogP contribution in [0.2, 0.25) is 0 Å². The van der Waals surface area contributed by atoms with Gasteiger partial charge in [0.05, 0.1) is 5.69 Å². The topological polar surface area (TPSA) is 18.8 Å². The zero-order valence-corrected chi connectivity index (χ0v) is 13.5. The maximum Gasteiger partial charge on any atom is 0.189 e. The summed E-state index contributed by atoms with van der Waals surface area (Å²) in [7, 11) is 0. The van der Waals surface area contributed by atoms with Crippen molar-refractivity contribution in [2.75, 3.05) is 22.8 Å². The average Bonchev–Trinajstić information content (AvgIpc) is 2.93. The molecule has 2 aromatic rings. The van der Waals surface area contributed by atoms with E-state index in [0.717, 1.165) is 17.5 Å². The van der Waals surface area contributed by atoms with Crippen LogP contribution in [0.4, 0.5) is 11.4 Å². The number of hydrogen-bond donors (Lipinski definition) is 0. The lowest BCUT2D eigenvalue weighted by Gasteiger charge is -2.20. The summed E-state index contributed by atoms with van der Waals surface area (Å²) in [4.78, 5) is 2.22. The first-order valence-electron chi connectivity index (χ1n) is 6.16. The summed E-state index contributed by atoms with van der Waals surface area (Å²) in [5.74, 6) is 0. The summed E-state index contributed by atoms with van der Waals surface area (Å²) in [6, 6.07) is 20.6. The molecule has 0 radical (unpaired) electrons. The summed E-state index contributed by atoms with van der Waals surface area (Å²) >= 11 is 1.67. The third-order valence-corrected chi connectivity index (χ3v) is 3.68. The zero-order valence-electron chi connectivity index (χ0n) is 11.1. The number of rotatable bonds is 2. The molecule has 1 heterocycles. The highest BCUT2D eigenvalue weighted by Gasteiger charge is 2.24. The molecule has 104 valence electrons. The molecule has 0 spiro atoms. The van der Waals surface area contributed by atoms with Gasteiger partial charge in [0.1, 0.15) is 6.67 Å². The molecule has 0 saturated heterocycles. The van der Waals surface area contributed by atoms with Crippen molar-refractivity contribution < 1.29 is 17.0 Å². The third-order valence-electron chi connectivity index (χ3n) is 3.02. The van der Waals surface area contributed by atoms with Crippen LogP contribution >= 0.6 is 11.8 Å². The molecule has 3 nitrogen and oxygen atoms in total. The van der Waals surface area contributed by atoms with Crippen molar-refractivity contribution in [1.82, 2.24) is 0 Å². The largest absolute Gasteiger partial charge is 1.00 e. The van der Waals surface area contributed by atoms with Crippen molar-refractivity contribution in [2.45, 2.75) is 0 Å². The predicted molar refractivity (Wildman–Crippen MR) is 83.7 cm³/mol. The zero-order chi connectivity index (χ0) is 13.1. The van der Waals surface area contributed by atoms with Crippen LogP contribution in [0.3, 0.4) is 0 Å². The van der Waals surface area contributed by atoms with Crippen molar-refractivity contribution >= 4 is 28.3 Å². The van der Waals surface area contributed by atoms with Crippen molar-refractivity contribution in [3.63, 3.8) is 0 Å². The highest BCUT2D eigenvalue weighted by atomic mass is 79.9. The smallest absolute Gasteiger partial charge is 0.189 e. The van der Waals surface area contributed by atoms with Crippen molar-refractivity contribution in [3.8, 4) is 0 Å². The second kappa shape index (κ2) is 6.81. The lowest BCUT2D eigenvalue weighted by atomic mass is 10.3. The summed E-state index contributed by atoms with van der Waals surface area (Å²) in [6.45, 7) is 0.754. The van der Waals surface area contributed by atoms with Crippen LogP contribution < -0.4 is 26.9 Å².